The van der Waals surface area contributed by atoms with Crippen LogP contribution in [0.25, 0.3) is 11.1 Å². The van der Waals surface area contributed by atoms with Crippen LogP contribution in [0, 0.1) is 11.8 Å². The van der Waals surface area contributed by atoms with Gasteiger partial charge in [0, 0.05) is 11.1 Å². The van der Waals surface area contributed by atoms with Crippen molar-refractivity contribution in [2.75, 3.05) is 28.1 Å². The Labute approximate surface area is 169 Å². The lowest BCUT2D eigenvalue weighted by molar-refractivity contribution is 0.0863. The van der Waals surface area contributed by atoms with Crippen LogP contribution >= 0.6 is 0 Å². The van der Waals surface area contributed by atoms with E-state index < -0.39 is 6.10 Å². The van der Waals surface area contributed by atoms with Crippen LogP contribution in [-0.2, 0) is 6.42 Å². The number of fused-ring (bicyclic) bond motifs is 4. The first-order chi connectivity index (χ1) is 13.9. The molecule has 0 radical (unpaired) electrons. The molecular weight excluding hydrogens is 376 g/mol. The van der Waals surface area contributed by atoms with Gasteiger partial charge in [-0.3, -0.25) is 0 Å². The van der Waals surface area contributed by atoms with E-state index in [0.29, 0.717) is 51.9 Å². The summed E-state index contributed by atoms with van der Waals surface area (Å²) in [6.07, 6.45) is -0.138. The quantitative estimate of drug-likeness (QED) is 0.810. The van der Waals surface area contributed by atoms with Gasteiger partial charge in [0.25, 0.3) is 0 Å². The monoisotopic (exact) mass is 402 g/mol. The molecule has 2 aliphatic rings. The van der Waals surface area contributed by atoms with Crippen LogP contribution in [0.4, 0.5) is 0 Å². The smallest absolute Gasteiger partial charge is 0.231 e. The van der Waals surface area contributed by atoms with Gasteiger partial charge in [-0.2, -0.15) is 0 Å². The van der Waals surface area contributed by atoms with Crippen molar-refractivity contribution < 1.29 is 33.9 Å². The first-order valence-electron chi connectivity index (χ1n) is 9.58. The summed E-state index contributed by atoms with van der Waals surface area (Å²) < 4.78 is 27.8. The number of aliphatic hydroxyl groups excluding tert-OH is 1. The summed E-state index contributed by atoms with van der Waals surface area (Å²) in [5, 5.41) is 22.4. The van der Waals surface area contributed by atoms with E-state index in [1.165, 1.54) is 21.3 Å². The van der Waals surface area contributed by atoms with Crippen molar-refractivity contribution in [3.63, 3.8) is 0 Å². The van der Waals surface area contributed by atoms with Crippen LogP contribution in [0.3, 0.4) is 0 Å². The number of hydrogen-bond donors (Lipinski definition) is 2. The van der Waals surface area contributed by atoms with E-state index in [1.807, 2.05) is 13.0 Å². The molecule has 0 saturated heterocycles. The highest BCUT2D eigenvalue weighted by Gasteiger charge is 2.37. The van der Waals surface area contributed by atoms with Crippen LogP contribution < -0.4 is 23.7 Å². The highest BCUT2D eigenvalue weighted by Crippen LogP contribution is 2.57. The van der Waals surface area contributed by atoms with Crippen LogP contribution in [0.1, 0.15) is 31.1 Å². The zero-order valence-corrected chi connectivity index (χ0v) is 17.2. The first kappa shape index (κ1) is 19.5. The predicted molar refractivity (Wildman–Crippen MR) is 106 cm³/mol. The van der Waals surface area contributed by atoms with Crippen molar-refractivity contribution in [1.82, 2.24) is 0 Å². The van der Waals surface area contributed by atoms with Gasteiger partial charge in [0.05, 0.1) is 27.4 Å². The van der Waals surface area contributed by atoms with Crippen molar-refractivity contribution in [3.05, 3.63) is 23.3 Å². The molecule has 3 unspecified atom stereocenters. The van der Waals surface area contributed by atoms with Crippen LogP contribution in [0.2, 0.25) is 0 Å². The number of aromatic hydroxyl groups is 1. The fraction of sp³-hybridized carbons (Fsp3) is 0.455. The van der Waals surface area contributed by atoms with Gasteiger partial charge in [-0.1, -0.05) is 13.8 Å². The molecule has 1 heterocycles. The number of ether oxygens (including phenoxy) is 5. The number of hydrogen-bond acceptors (Lipinski definition) is 7. The van der Waals surface area contributed by atoms with Gasteiger partial charge in [-0.05, 0) is 41.5 Å². The second-order valence-corrected chi connectivity index (χ2v) is 7.59. The highest BCUT2D eigenvalue weighted by atomic mass is 16.7. The molecule has 7 nitrogen and oxygen atoms in total. The summed E-state index contributed by atoms with van der Waals surface area (Å²) in [5.41, 5.74) is 2.63. The van der Waals surface area contributed by atoms with Crippen molar-refractivity contribution >= 4 is 0 Å². The van der Waals surface area contributed by atoms with Crippen molar-refractivity contribution in [2.45, 2.75) is 26.4 Å². The second-order valence-electron chi connectivity index (χ2n) is 7.59. The van der Waals surface area contributed by atoms with E-state index in [4.69, 9.17) is 23.7 Å². The molecule has 1 aliphatic carbocycles. The van der Waals surface area contributed by atoms with Gasteiger partial charge in [0.1, 0.15) is 0 Å². The van der Waals surface area contributed by atoms with Crippen LogP contribution in [-0.4, -0.2) is 38.3 Å². The molecule has 3 atom stereocenters. The summed E-state index contributed by atoms with van der Waals surface area (Å²) >= 11 is 0. The second kappa shape index (κ2) is 7.22. The fourth-order valence-corrected chi connectivity index (χ4v) is 4.31. The third kappa shape index (κ3) is 2.83. The van der Waals surface area contributed by atoms with E-state index in [1.54, 1.807) is 6.07 Å². The van der Waals surface area contributed by atoms with Crippen molar-refractivity contribution in [1.29, 1.82) is 0 Å². The lowest BCUT2D eigenvalue weighted by Gasteiger charge is -2.33. The maximum atomic E-state index is 11.2. The summed E-state index contributed by atoms with van der Waals surface area (Å²) in [7, 11) is 4.59. The van der Waals surface area contributed by atoms with Gasteiger partial charge in [-0.15, -0.1) is 0 Å². The summed E-state index contributed by atoms with van der Waals surface area (Å²) in [6, 6.07) is 3.65. The molecule has 0 aromatic heterocycles. The Bertz CT molecular complexity index is 953. The normalized spacial score (nSPS) is 22.2. The molecule has 0 fully saturated rings. The highest BCUT2D eigenvalue weighted by molar-refractivity contribution is 5.88. The Morgan fingerprint density at radius 2 is 1.69 bits per heavy atom. The average Bonchev–Trinajstić information content (AvgIpc) is 3.19. The average molecular weight is 402 g/mol. The van der Waals surface area contributed by atoms with E-state index >= 15 is 0 Å². The number of phenols is 1. The van der Waals surface area contributed by atoms with E-state index in [9.17, 15) is 10.2 Å². The SMILES string of the molecule is COc1cc2c(c(OC)c1OC)-c1c(cc3c(c1O)OCO3)CC(C)C(C)C2O. The van der Waals surface area contributed by atoms with Gasteiger partial charge in [0.2, 0.25) is 18.3 Å². The number of benzene rings is 2. The van der Waals surface area contributed by atoms with E-state index in [-0.39, 0.29) is 24.4 Å². The van der Waals surface area contributed by atoms with Crippen molar-refractivity contribution in [2.24, 2.45) is 11.8 Å². The third-order valence-corrected chi connectivity index (χ3v) is 6.09. The minimum Gasteiger partial charge on any atom is -0.504 e. The van der Waals surface area contributed by atoms with Gasteiger partial charge in [-0.25, -0.2) is 0 Å². The van der Waals surface area contributed by atoms with Gasteiger partial charge >= 0.3 is 0 Å². The Kier molecular flexibility index (Phi) is 4.86. The fourth-order valence-electron chi connectivity index (χ4n) is 4.31. The minimum absolute atomic E-state index is 0.0317. The number of aliphatic hydroxyl groups is 1. The van der Waals surface area contributed by atoms with Crippen molar-refractivity contribution in [3.8, 4) is 45.6 Å². The summed E-state index contributed by atoms with van der Waals surface area (Å²) in [5.74, 6) is 2.11. The molecule has 29 heavy (non-hydrogen) atoms. The Morgan fingerprint density at radius 3 is 2.34 bits per heavy atom. The van der Waals surface area contributed by atoms with Crippen LogP contribution in [0.15, 0.2) is 12.1 Å². The Morgan fingerprint density at radius 1 is 0.966 bits per heavy atom. The molecule has 4 rings (SSSR count). The maximum Gasteiger partial charge on any atom is 0.231 e. The van der Waals surface area contributed by atoms with Gasteiger partial charge < -0.3 is 33.9 Å². The number of rotatable bonds is 3. The molecule has 0 spiro atoms. The molecule has 2 aromatic rings. The summed E-state index contributed by atoms with van der Waals surface area (Å²) in [6.45, 7) is 4.15. The lowest BCUT2D eigenvalue weighted by Crippen LogP contribution is -2.22. The largest absolute Gasteiger partial charge is 0.504 e. The number of phenolic OH excluding ortho intramolecular Hbond substituents is 1. The maximum absolute atomic E-state index is 11.2. The lowest BCUT2D eigenvalue weighted by atomic mass is 9.76. The van der Waals surface area contributed by atoms with Gasteiger partial charge in [0.15, 0.2) is 23.0 Å². The Hall–Kier alpha value is -2.80. The minimum atomic E-state index is -0.785. The number of methoxy groups -OCH3 is 3. The molecule has 7 heteroatoms. The zero-order chi connectivity index (χ0) is 20.9. The molecule has 0 saturated carbocycles. The molecular formula is C22H26O7. The molecule has 2 N–H and O–H groups in total. The molecule has 0 amide bonds. The van der Waals surface area contributed by atoms with E-state index in [2.05, 4.69) is 6.92 Å². The molecule has 156 valence electrons. The Balaban J connectivity index is 2.14. The molecule has 1 aliphatic heterocycles. The standard InChI is InChI=1S/C22H26O7/c1-10-6-12-7-15-20(29-9-28-15)19(24)16(12)17-13(18(23)11(10)2)8-14(25-3)21(26-4)22(17)27-5/h7-8,10-11,18,23-24H,6,9H2,1-5H3. The van der Waals surface area contributed by atoms with E-state index in [0.717, 1.165) is 5.56 Å². The third-order valence-electron chi connectivity index (χ3n) is 6.09. The first-order valence-corrected chi connectivity index (χ1v) is 9.58. The zero-order valence-electron chi connectivity index (χ0n) is 17.2. The molecule has 2 aromatic carbocycles. The summed E-state index contributed by atoms with van der Waals surface area (Å²) in [4.78, 5) is 0. The predicted octanol–water partition coefficient (Wildman–Crippen LogP) is 3.68. The topological polar surface area (TPSA) is 86.6 Å². The van der Waals surface area contributed by atoms with Crippen LogP contribution in [0.5, 0.6) is 34.5 Å². The molecule has 0 bridgehead atoms.